The van der Waals surface area contributed by atoms with E-state index in [0.29, 0.717) is 11.5 Å². The number of likely N-dealkylation sites (tertiary alicyclic amines) is 1. The lowest BCUT2D eigenvalue weighted by Crippen LogP contribution is -2.46. The minimum absolute atomic E-state index is 0.269. The fourth-order valence-corrected chi connectivity index (χ4v) is 5.25. The van der Waals surface area contributed by atoms with Gasteiger partial charge >= 0.3 is 5.97 Å². The van der Waals surface area contributed by atoms with Crippen molar-refractivity contribution in [3.8, 4) is 0 Å². The van der Waals surface area contributed by atoms with Crippen molar-refractivity contribution in [2.24, 2.45) is 0 Å². The molecule has 2 aromatic heterocycles. The number of rotatable bonds is 5. The third kappa shape index (κ3) is 3.31. The van der Waals surface area contributed by atoms with Gasteiger partial charge in [0.25, 0.3) is 0 Å². The van der Waals surface area contributed by atoms with Gasteiger partial charge < -0.3 is 19.3 Å². The van der Waals surface area contributed by atoms with Gasteiger partial charge in [-0.05, 0) is 44.4 Å². The first kappa shape index (κ1) is 17.7. The third-order valence-electron chi connectivity index (χ3n) is 5.68. The molecule has 0 bridgehead atoms. The fraction of sp³-hybridized carbons (Fsp3) is 0.579. The maximum atomic E-state index is 11.3. The Morgan fingerprint density at radius 1 is 1.38 bits per heavy atom. The maximum Gasteiger partial charge on any atom is 0.345 e. The monoisotopic (exact) mass is 375 g/mol. The zero-order valence-corrected chi connectivity index (χ0v) is 15.9. The molecule has 2 aliphatic heterocycles. The molecule has 1 spiro atoms. The van der Waals surface area contributed by atoms with Crippen LogP contribution in [0, 0.1) is 6.92 Å². The highest BCUT2D eigenvalue weighted by Gasteiger charge is 2.42. The summed E-state index contributed by atoms with van der Waals surface area (Å²) in [5.74, 6) is 0.240. The van der Waals surface area contributed by atoms with E-state index in [2.05, 4.69) is 14.5 Å². The Labute approximate surface area is 157 Å². The summed E-state index contributed by atoms with van der Waals surface area (Å²) in [4.78, 5) is 19.8. The first-order valence-corrected chi connectivity index (χ1v) is 10.1. The summed E-state index contributed by atoms with van der Waals surface area (Å²) in [6, 6.07) is 1.86. The molecule has 0 unspecified atom stereocenters. The number of thiophene rings is 1. The molecular formula is C19H25N3O3S. The van der Waals surface area contributed by atoms with Crippen LogP contribution in [-0.4, -0.2) is 51.8 Å². The number of ether oxygens (including phenoxy) is 1. The van der Waals surface area contributed by atoms with Crippen molar-refractivity contribution in [1.82, 2.24) is 14.5 Å². The SMILES string of the molecule is Cc1nccn1CCCN1CCC2(CC1)OCCc1sc(C(=O)O)cc12. The number of hydrogen-bond acceptors (Lipinski definition) is 5. The van der Waals surface area contributed by atoms with Crippen molar-refractivity contribution in [2.75, 3.05) is 26.2 Å². The van der Waals surface area contributed by atoms with Crippen molar-refractivity contribution in [1.29, 1.82) is 0 Å². The molecule has 2 aromatic rings. The van der Waals surface area contributed by atoms with Crippen LogP contribution in [0.25, 0.3) is 0 Å². The van der Waals surface area contributed by atoms with Crippen molar-refractivity contribution in [2.45, 2.75) is 44.8 Å². The Morgan fingerprint density at radius 2 is 2.19 bits per heavy atom. The molecule has 26 heavy (non-hydrogen) atoms. The lowest BCUT2D eigenvalue weighted by molar-refractivity contribution is -0.0971. The maximum absolute atomic E-state index is 11.3. The smallest absolute Gasteiger partial charge is 0.345 e. The van der Waals surface area contributed by atoms with Gasteiger partial charge in [0.05, 0.1) is 12.2 Å². The van der Waals surface area contributed by atoms with Gasteiger partial charge in [-0.2, -0.15) is 0 Å². The largest absolute Gasteiger partial charge is 0.477 e. The summed E-state index contributed by atoms with van der Waals surface area (Å²) < 4.78 is 8.42. The number of nitrogens with zero attached hydrogens (tertiary/aromatic N) is 3. The number of carboxylic acids is 1. The third-order valence-corrected chi connectivity index (χ3v) is 6.86. The highest BCUT2D eigenvalue weighted by Crippen LogP contribution is 2.44. The Hall–Kier alpha value is -1.70. The molecule has 6 nitrogen and oxygen atoms in total. The minimum atomic E-state index is -0.827. The summed E-state index contributed by atoms with van der Waals surface area (Å²) in [5.41, 5.74) is 0.870. The van der Waals surface area contributed by atoms with Crippen LogP contribution < -0.4 is 0 Å². The molecule has 0 aromatic carbocycles. The number of carbonyl (C=O) groups is 1. The molecular weight excluding hydrogens is 350 g/mol. The lowest BCUT2D eigenvalue weighted by Gasteiger charge is -2.44. The van der Waals surface area contributed by atoms with Gasteiger partial charge in [0.2, 0.25) is 0 Å². The molecule has 0 amide bonds. The number of fused-ring (bicyclic) bond motifs is 2. The second-order valence-electron chi connectivity index (χ2n) is 7.21. The molecule has 0 saturated carbocycles. The summed E-state index contributed by atoms with van der Waals surface area (Å²) in [7, 11) is 0. The van der Waals surface area contributed by atoms with E-state index < -0.39 is 5.97 Å². The van der Waals surface area contributed by atoms with Crippen LogP contribution in [0.5, 0.6) is 0 Å². The predicted octanol–water partition coefficient (Wildman–Crippen LogP) is 2.91. The molecule has 2 aliphatic rings. The Balaban J connectivity index is 1.36. The summed E-state index contributed by atoms with van der Waals surface area (Å²) in [5, 5.41) is 9.31. The van der Waals surface area contributed by atoms with E-state index in [1.807, 2.05) is 25.4 Å². The quantitative estimate of drug-likeness (QED) is 0.870. The van der Waals surface area contributed by atoms with Gasteiger partial charge in [-0.15, -0.1) is 11.3 Å². The molecule has 0 radical (unpaired) electrons. The zero-order chi connectivity index (χ0) is 18.1. The Bertz CT molecular complexity index is 790. The molecule has 1 N–H and O–H groups in total. The molecule has 140 valence electrons. The number of imidazole rings is 1. The number of aromatic nitrogens is 2. The molecule has 4 rings (SSSR count). The van der Waals surface area contributed by atoms with E-state index >= 15 is 0 Å². The predicted molar refractivity (Wildman–Crippen MR) is 99.9 cm³/mol. The summed E-state index contributed by atoms with van der Waals surface area (Å²) in [6.07, 6.45) is 7.72. The number of piperidine rings is 1. The molecule has 0 atom stereocenters. The second kappa shape index (κ2) is 7.13. The first-order chi connectivity index (χ1) is 12.6. The summed E-state index contributed by atoms with van der Waals surface area (Å²) in [6.45, 7) is 6.81. The Kier molecular flexibility index (Phi) is 4.86. The van der Waals surface area contributed by atoms with Crippen LogP contribution in [0.1, 0.15) is 45.2 Å². The van der Waals surface area contributed by atoms with Crippen LogP contribution in [0.15, 0.2) is 18.5 Å². The van der Waals surface area contributed by atoms with Crippen LogP contribution in [0.3, 0.4) is 0 Å². The molecule has 1 saturated heterocycles. The average molecular weight is 375 g/mol. The van der Waals surface area contributed by atoms with Gasteiger partial charge in [0.15, 0.2) is 0 Å². The number of hydrogen-bond donors (Lipinski definition) is 1. The molecule has 1 fully saturated rings. The van der Waals surface area contributed by atoms with E-state index in [-0.39, 0.29) is 5.60 Å². The van der Waals surface area contributed by atoms with Crippen LogP contribution in [0.2, 0.25) is 0 Å². The first-order valence-electron chi connectivity index (χ1n) is 9.28. The van der Waals surface area contributed by atoms with E-state index in [9.17, 15) is 9.90 Å². The number of carboxylic acid groups (broad SMARTS) is 1. The fourth-order valence-electron chi connectivity index (χ4n) is 4.18. The van der Waals surface area contributed by atoms with Crippen LogP contribution >= 0.6 is 11.3 Å². The zero-order valence-electron chi connectivity index (χ0n) is 15.1. The van der Waals surface area contributed by atoms with Gasteiger partial charge in [-0.3, -0.25) is 0 Å². The van der Waals surface area contributed by atoms with E-state index in [0.717, 1.165) is 63.3 Å². The topological polar surface area (TPSA) is 67.6 Å². The van der Waals surface area contributed by atoms with E-state index in [1.165, 1.54) is 16.2 Å². The van der Waals surface area contributed by atoms with Crippen LogP contribution in [0.4, 0.5) is 0 Å². The van der Waals surface area contributed by atoms with Crippen molar-refractivity contribution in [3.63, 3.8) is 0 Å². The van der Waals surface area contributed by atoms with Gasteiger partial charge in [0, 0.05) is 43.3 Å². The molecule has 7 heteroatoms. The molecule has 0 aliphatic carbocycles. The van der Waals surface area contributed by atoms with Crippen LogP contribution in [-0.2, 0) is 23.3 Å². The standard InChI is InChI=1S/C19H25N3O3S/c1-14-20-6-11-22(14)8-2-7-21-9-4-19(5-10-21)15-13-17(18(23)24)26-16(15)3-12-25-19/h6,11,13H,2-5,7-10,12H2,1H3,(H,23,24). The Morgan fingerprint density at radius 3 is 2.88 bits per heavy atom. The van der Waals surface area contributed by atoms with Crippen molar-refractivity contribution < 1.29 is 14.6 Å². The van der Waals surface area contributed by atoms with Gasteiger partial charge in [-0.1, -0.05) is 0 Å². The van der Waals surface area contributed by atoms with Gasteiger partial charge in [-0.25, -0.2) is 9.78 Å². The van der Waals surface area contributed by atoms with Crippen molar-refractivity contribution >= 4 is 17.3 Å². The minimum Gasteiger partial charge on any atom is -0.477 e. The van der Waals surface area contributed by atoms with E-state index in [4.69, 9.17) is 4.74 Å². The highest BCUT2D eigenvalue weighted by molar-refractivity contribution is 7.14. The van der Waals surface area contributed by atoms with E-state index in [1.54, 1.807) is 0 Å². The number of aryl methyl sites for hydroxylation is 2. The van der Waals surface area contributed by atoms with Gasteiger partial charge in [0.1, 0.15) is 10.7 Å². The highest BCUT2D eigenvalue weighted by atomic mass is 32.1. The molecule has 4 heterocycles. The lowest BCUT2D eigenvalue weighted by atomic mass is 9.82. The number of aromatic carboxylic acids is 1. The second-order valence-corrected chi connectivity index (χ2v) is 8.35. The summed E-state index contributed by atoms with van der Waals surface area (Å²) >= 11 is 1.42. The van der Waals surface area contributed by atoms with Crippen molar-refractivity contribution in [3.05, 3.63) is 39.6 Å². The normalized spacial score (nSPS) is 19.6. The average Bonchev–Trinajstić information content (AvgIpc) is 3.24.